The van der Waals surface area contributed by atoms with Gasteiger partial charge in [0.05, 0.1) is 15.4 Å². The lowest BCUT2D eigenvalue weighted by molar-refractivity contribution is -0.400. The highest BCUT2D eigenvalue weighted by Crippen LogP contribution is 2.48. The van der Waals surface area contributed by atoms with E-state index in [1.807, 2.05) is 0 Å². The molecular formula is C8H2ClF3N2O6. The van der Waals surface area contributed by atoms with Gasteiger partial charge in [0.2, 0.25) is 11.3 Å². The van der Waals surface area contributed by atoms with Crippen molar-refractivity contribution in [1.29, 1.82) is 0 Å². The van der Waals surface area contributed by atoms with Gasteiger partial charge in [-0.3, -0.25) is 25.0 Å². The third-order valence-electron chi connectivity index (χ3n) is 2.13. The van der Waals surface area contributed by atoms with E-state index in [4.69, 9.17) is 11.6 Å². The number of carbonyl (C=O) groups is 1. The summed E-state index contributed by atoms with van der Waals surface area (Å²) in [7, 11) is 0. The van der Waals surface area contributed by atoms with Crippen molar-refractivity contribution in [2.75, 3.05) is 0 Å². The number of aromatic hydroxyl groups is 1. The fourth-order valence-corrected chi connectivity index (χ4v) is 1.54. The largest absolute Gasteiger partial charge is 0.502 e. The maximum Gasteiger partial charge on any atom is 0.429 e. The number of phenolic OH excluding ortho intramolecular Hbond substituents is 1. The first kappa shape index (κ1) is 15.6. The maximum atomic E-state index is 12.7. The van der Waals surface area contributed by atoms with E-state index in [1.165, 1.54) is 0 Å². The van der Waals surface area contributed by atoms with Crippen LogP contribution in [0.25, 0.3) is 0 Å². The van der Waals surface area contributed by atoms with Crippen molar-refractivity contribution in [3.05, 3.63) is 37.4 Å². The number of halogens is 4. The Morgan fingerprint density at radius 3 is 2.05 bits per heavy atom. The smallest absolute Gasteiger partial charge is 0.429 e. The molecule has 0 aromatic heterocycles. The highest BCUT2D eigenvalue weighted by Gasteiger charge is 2.48. The molecule has 0 saturated carbocycles. The van der Waals surface area contributed by atoms with Gasteiger partial charge in [0, 0.05) is 6.07 Å². The number of nitrogens with zero attached hydrogens (tertiary/aromatic N) is 2. The van der Waals surface area contributed by atoms with Gasteiger partial charge < -0.3 is 5.11 Å². The van der Waals surface area contributed by atoms with E-state index in [2.05, 4.69) is 0 Å². The standard InChI is InChI=1S/C8H2ClF3N2O6/c9-7(16)2-1-3(13(17)18)4(8(10,11)12)5(6(2)15)14(19)20/h1,15H. The van der Waals surface area contributed by atoms with E-state index >= 15 is 0 Å². The average Bonchev–Trinajstić information content (AvgIpc) is 2.25. The molecule has 8 nitrogen and oxygen atoms in total. The Kier molecular flexibility index (Phi) is 3.85. The Morgan fingerprint density at radius 1 is 1.25 bits per heavy atom. The van der Waals surface area contributed by atoms with E-state index in [-0.39, 0.29) is 6.07 Å². The number of carbonyl (C=O) groups excluding carboxylic acids is 1. The summed E-state index contributed by atoms with van der Waals surface area (Å²) in [6.07, 6.45) is -5.49. The summed E-state index contributed by atoms with van der Waals surface area (Å²) in [5.41, 5.74) is -7.20. The maximum absolute atomic E-state index is 12.7. The zero-order valence-corrected chi connectivity index (χ0v) is 9.73. The van der Waals surface area contributed by atoms with Crippen LogP contribution in [0.2, 0.25) is 0 Å². The molecule has 0 fully saturated rings. The Labute approximate surface area is 111 Å². The number of hydrogen-bond donors (Lipinski definition) is 1. The Morgan fingerprint density at radius 2 is 1.75 bits per heavy atom. The molecule has 0 radical (unpaired) electrons. The Balaban J connectivity index is 3.99. The van der Waals surface area contributed by atoms with Gasteiger partial charge in [0.15, 0.2) is 0 Å². The van der Waals surface area contributed by atoms with Crippen LogP contribution in [-0.2, 0) is 6.18 Å². The molecule has 0 aliphatic rings. The molecule has 1 rings (SSSR count). The van der Waals surface area contributed by atoms with Crippen LogP contribution in [0.3, 0.4) is 0 Å². The predicted octanol–water partition coefficient (Wildman–Crippen LogP) is 2.61. The van der Waals surface area contributed by atoms with Crippen molar-refractivity contribution >= 4 is 28.2 Å². The molecule has 1 aromatic carbocycles. The predicted molar refractivity (Wildman–Crippen MR) is 56.6 cm³/mol. The molecular weight excluding hydrogens is 313 g/mol. The van der Waals surface area contributed by atoms with Gasteiger partial charge in [0.1, 0.15) is 0 Å². The summed E-state index contributed by atoms with van der Waals surface area (Å²) >= 11 is 4.90. The van der Waals surface area contributed by atoms with Gasteiger partial charge in [-0.25, -0.2) is 0 Å². The number of nitro groups is 2. The average molecular weight is 315 g/mol. The van der Waals surface area contributed by atoms with Crippen LogP contribution >= 0.6 is 11.6 Å². The molecule has 0 atom stereocenters. The van der Waals surface area contributed by atoms with Crippen molar-refractivity contribution < 1.29 is 32.9 Å². The summed E-state index contributed by atoms with van der Waals surface area (Å²) in [4.78, 5) is 28.8. The van der Waals surface area contributed by atoms with Crippen molar-refractivity contribution in [2.24, 2.45) is 0 Å². The number of alkyl halides is 3. The molecule has 0 heterocycles. The second-order valence-electron chi connectivity index (χ2n) is 3.30. The summed E-state index contributed by atoms with van der Waals surface area (Å²) in [5, 5.41) is 28.9. The van der Waals surface area contributed by atoms with Gasteiger partial charge in [-0.2, -0.15) is 13.2 Å². The van der Waals surface area contributed by atoms with E-state index in [9.17, 15) is 43.3 Å². The van der Waals surface area contributed by atoms with Crippen LogP contribution in [-0.4, -0.2) is 20.2 Å². The topological polar surface area (TPSA) is 124 Å². The fraction of sp³-hybridized carbons (Fsp3) is 0.125. The lowest BCUT2D eigenvalue weighted by Gasteiger charge is -2.10. The van der Waals surface area contributed by atoms with Crippen LogP contribution in [0.1, 0.15) is 15.9 Å². The molecule has 1 N–H and O–H groups in total. The summed E-state index contributed by atoms with van der Waals surface area (Å²) < 4.78 is 38.1. The molecule has 12 heteroatoms. The van der Waals surface area contributed by atoms with Gasteiger partial charge in [-0.1, -0.05) is 0 Å². The molecule has 0 amide bonds. The van der Waals surface area contributed by atoms with Crippen molar-refractivity contribution in [3.8, 4) is 5.75 Å². The van der Waals surface area contributed by atoms with Crippen molar-refractivity contribution in [2.45, 2.75) is 6.18 Å². The third kappa shape index (κ3) is 2.61. The minimum atomic E-state index is -5.49. The SMILES string of the molecule is O=C(Cl)c1cc([N+](=O)[O-])c(C(F)(F)F)c([N+](=O)[O-])c1O. The zero-order valence-electron chi connectivity index (χ0n) is 8.97. The highest BCUT2D eigenvalue weighted by molar-refractivity contribution is 6.68. The highest BCUT2D eigenvalue weighted by atomic mass is 35.5. The van der Waals surface area contributed by atoms with Gasteiger partial charge in [0.25, 0.3) is 10.9 Å². The number of hydrogen-bond acceptors (Lipinski definition) is 6. The summed E-state index contributed by atoms with van der Waals surface area (Å²) in [5.74, 6) is -1.69. The molecule has 108 valence electrons. The molecule has 0 unspecified atom stereocenters. The molecule has 0 bridgehead atoms. The van der Waals surface area contributed by atoms with Crippen molar-refractivity contribution in [1.82, 2.24) is 0 Å². The first-order valence-corrected chi connectivity index (χ1v) is 4.82. The third-order valence-corrected chi connectivity index (χ3v) is 2.33. The molecule has 0 aliphatic heterocycles. The van der Waals surface area contributed by atoms with Gasteiger partial charge in [-0.15, -0.1) is 0 Å². The zero-order chi connectivity index (χ0) is 15.8. The fourth-order valence-electron chi connectivity index (χ4n) is 1.40. The summed E-state index contributed by atoms with van der Waals surface area (Å²) in [6, 6.07) is 0.0283. The van der Waals surface area contributed by atoms with E-state index in [0.29, 0.717) is 0 Å². The van der Waals surface area contributed by atoms with Crippen LogP contribution in [0.4, 0.5) is 24.5 Å². The Bertz CT molecular complexity index is 630. The number of nitro benzene ring substituents is 2. The monoisotopic (exact) mass is 314 g/mol. The van der Waals surface area contributed by atoms with Crippen LogP contribution in [0, 0.1) is 20.2 Å². The number of benzene rings is 1. The van der Waals surface area contributed by atoms with E-state index in [0.717, 1.165) is 0 Å². The van der Waals surface area contributed by atoms with E-state index in [1.54, 1.807) is 0 Å². The number of phenols is 1. The normalized spacial score (nSPS) is 11.2. The van der Waals surface area contributed by atoms with Crippen LogP contribution in [0.15, 0.2) is 6.07 Å². The Hall–Kier alpha value is -2.43. The van der Waals surface area contributed by atoms with Gasteiger partial charge in [-0.05, 0) is 11.6 Å². The quantitative estimate of drug-likeness (QED) is 0.519. The van der Waals surface area contributed by atoms with Crippen molar-refractivity contribution in [3.63, 3.8) is 0 Å². The summed E-state index contributed by atoms with van der Waals surface area (Å²) in [6.45, 7) is 0. The van der Waals surface area contributed by atoms with Gasteiger partial charge >= 0.3 is 11.9 Å². The number of rotatable bonds is 3. The van der Waals surface area contributed by atoms with Crippen LogP contribution in [0.5, 0.6) is 5.75 Å². The first-order chi connectivity index (χ1) is 8.98. The second kappa shape index (κ2) is 4.92. The van der Waals surface area contributed by atoms with Crippen LogP contribution < -0.4 is 0 Å². The minimum absolute atomic E-state index is 0.0283. The molecule has 0 aliphatic carbocycles. The minimum Gasteiger partial charge on any atom is -0.502 e. The molecule has 0 spiro atoms. The second-order valence-corrected chi connectivity index (χ2v) is 3.64. The molecule has 1 aromatic rings. The molecule has 0 saturated heterocycles. The lowest BCUT2D eigenvalue weighted by atomic mass is 10.0. The lowest BCUT2D eigenvalue weighted by Crippen LogP contribution is -2.14. The van der Waals surface area contributed by atoms with E-state index < -0.39 is 49.5 Å². The molecule has 20 heavy (non-hydrogen) atoms. The first-order valence-electron chi connectivity index (χ1n) is 4.44.